The van der Waals surface area contributed by atoms with Crippen molar-refractivity contribution in [3.8, 4) is 0 Å². The van der Waals surface area contributed by atoms with Crippen LogP contribution in [0.5, 0.6) is 0 Å². The van der Waals surface area contributed by atoms with Crippen molar-refractivity contribution in [1.82, 2.24) is 5.32 Å². The minimum Gasteiger partial charge on any atom is -0.343 e. The number of Topliss-reactive ketones (excluding diaryl/α,β-unsaturated/α-hetero) is 2. The van der Waals surface area contributed by atoms with Crippen LogP contribution in [0.25, 0.3) is 0 Å². The van der Waals surface area contributed by atoms with E-state index in [0.29, 0.717) is 6.42 Å². The highest BCUT2D eigenvalue weighted by Gasteiger charge is 2.59. The number of hydrogen-bond donors (Lipinski definition) is 1. The normalized spacial score (nSPS) is 41.5. The van der Waals surface area contributed by atoms with Crippen LogP contribution in [0.3, 0.4) is 0 Å². The molecule has 0 spiro atoms. The number of amides is 1. The molecule has 1 saturated heterocycles. The molecule has 1 heterocycles. The molecule has 58 valence electrons. The smallest absolute Gasteiger partial charge is 0.231 e. The second-order valence-electron chi connectivity index (χ2n) is 3.27. The fraction of sp³-hybridized carbons (Fsp3) is 0.571. The van der Waals surface area contributed by atoms with Gasteiger partial charge in [-0.15, -0.1) is 0 Å². The van der Waals surface area contributed by atoms with Crippen molar-refractivity contribution < 1.29 is 14.4 Å². The van der Waals surface area contributed by atoms with Crippen molar-refractivity contribution in [2.75, 3.05) is 0 Å². The second-order valence-corrected chi connectivity index (χ2v) is 3.27. The molecule has 2 bridgehead atoms. The molecule has 1 aliphatic heterocycles. The number of rotatable bonds is 0. The lowest BCUT2D eigenvalue weighted by Crippen LogP contribution is -2.51. The summed E-state index contributed by atoms with van der Waals surface area (Å²) in [7, 11) is 0. The summed E-state index contributed by atoms with van der Waals surface area (Å²) in [6.07, 6.45) is 0.351. The Labute approximate surface area is 63.0 Å². The zero-order valence-corrected chi connectivity index (χ0v) is 6.01. The lowest BCUT2D eigenvalue weighted by atomic mass is 10.0. The highest BCUT2D eigenvalue weighted by Crippen LogP contribution is 2.34. The lowest BCUT2D eigenvalue weighted by molar-refractivity contribution is -0.144. The van der Waals surface area contributed by atoms with Crippen molar-refractivity contribution in [2.45, 2.75) is 18.9 Å². The van der Waals surface area contributed by atoms with Crippen LogP contribution in [-0.2, 0) is 14.4 Å². The molecule has 4 nitrogen and oxygen atoms in total. The van der Waals surface area contributed by atoms with E-state index in [9.17, 15) is 14.4 Å². The van der Waals surface area contributed by atoms with Crippen LogP contribution >= 0.6 is 0 Å². The van der Waals surface area contributed by atoms with Gasteiger partial charge >= 0.3 is 0 Å². The van der Waals surface area contributed by atoms with E-state index in [4.69, 9.17) is 0 Å². The standard InChI is InChI=1S/C7H7NO3/c1-7-2-3(6(11)8-7)4(9)5(7)10/h3H,2H2,1H3,(H,8,11). The third-order valence-electron chi connectivity index (χ3n) is 2.37. The van der Waals surface area contributed by atoms with Crippen molar-refractivity contribution in [1.29, 1.82) is 0 Å². The van der Waals surface area contributed by atoms with Crippen LogP contribution in [0.1, 0.15) is 13.3 Å². The summed E-state index contributed by atoms with van der Waals surface area (Å²) in [5.74, 6) is -1.94. The number of nitrogens with one attached hydrogen (secondary N) is 1. The van der Waals surface area contributed by atoms with Gasteiger partial charge in [-0.25, -0.2) is 0 Å². The van der Waals surface area contributed by atoms with Crippen molar-refractivity contribution in [3.63, 3.8) is 0 Å². The van der Waals surface area contributed by atoms with Crippen molar-refractivity contribution in [2.24, 2.45) is 5.92 Å². The molecule has 1 saturated carbocycles. The van der Waals surface area contributed by atoms with E-state index in [-0.39, 0.29) is 5.91 Å². The first-order valence-electron chi connectivity index (χ1n) is 3.45. The van der Waals surface area contributed by atoms with Crippen LogP contribution in [0, 0.1) is 5.92 Å². The van der Waals surface area contributed by atoms with Gasteiger partial charge in [-0.2, -0.15) is 0 Å². The Hall–Kier alpha value is -1.19. The summed E-state index contributed by atoms with van der Waals surface area (Å²) < 4.78 is 0. The molecule has 2 aliphatic rings. The molecule has 2 unspecified atom stereocenters. The third-order valence-corrected chi connectivity index (χ3v) is 2.37. The van der Waals surface area contributed by atoms with E-state index in [0.717, 1.165) is 0 Å². The fourth-order valence-corrected chi connectivity index (χ4v) is 1.70. The first-order valence-corrected chi connectivity index (χ1v) is 3.45. The Morgan fingerprint density at radius 2 is 2.09 bits per heavy atom. The number of carbonyl (C=O) groups excluding carboxylic acids is 3. The molecule has 11 heavy (non-hydrogen) atoms. The largest absolute Gasteiger partial charge is 0.343 e. The summed E-state index contributed by atoms with van der Waals surface area (Å²) in [6.45, 7) is 1.60. The molecule has 0 aromatic carbocycles. The minimum atomic E-state index is -0.876. The van der Waals surface area contributed by atoms with Gasteiger partial charge in [0.15, 0.2) is 0 Å². The Kier molecular flexibility index (Phi) is 0.900. The van der Waals surface area contributed by atoms with E-state index in [1.165, 1.54) is 0 Å². The van der Waals surface area contributed by atoms with E-state index < -0.39 is 23.0 Å². The average Bonchev–Trinajstić information content (AvgIpc) is 2.32. The van der Waals surface area contributed by atoms with Gasteiger partial charge in [-0.1, -0.05) is 0 Å². The SMILES string of the molecule is CC12CC(C(=O)N1)C(=O)C2=O. The number of ketones is 2. The Balaban J connectivity index is 2.49. The zero-order chi connectivity index (χ0) is 8.22. The molecule has 0 aromatic heterocycles. The molecule has 2 fully saturated rings. The van der Waals surface area contributed by atoms with E-state index >= 15 is 0 Å². The molecule has 2 rings (SSSR count). The molecule has 1 aliphatic carbocycles. The first-order chi connectivity index (χ1) is 5.04. The molecular formula is C7H7NO3. The van der Waals surface area contributed by atoms with Gasteiger partial charge in [0.05, 0.1) is 0 Å². The van der Waals surface area contributed by atoms with Gasteiger partial charge in [0.1, 0.15) is 11.5 Å². The molecule has 1 amide bonds. The molecule has 4 heteroatoms. The second kappa shape index (κ2) is 1.52. The van der Waals surface area contributed by atoms with Gasteiger partial charge in [0, 0.05) is 0 Å². The quantitative estimate of drug-likeness (QED) is 0.360. The van der Waals surface area contributed by atoms with Crippen LogP contribution in [0.2, 0.25) is 0 Å². The van der Waals surface area contributed by atoms with E-state index in [2.05, 4.69) is 5.32 Å². The maximum absolute atomic E-state index is 11.1. The maximum atomic E-state index is 11.1. The molecular weight excluding hydrogens is 146 g/mol. The van der Waals surface area contributed by atoms with Gasteiger partial charge in [0.2, 0.25) is 17.5 Å². The Bertz CT molecular complexity index is 283. The lowest BCUT2D eigenvalue weighted by Gasteiger charge is -2.18. The predicted octanol–water partition coefficient (Wildman–Crippen LogP) is -0.967. The number of carbonyl (C=O) groups is 3. The number of fused-ring (bicyclic) bond motifs is 2. The predicted molar refractivity (Wildman–Crippen MR) is 34.7 cm³/mol. The highest BCUT2D eigenvalue weighted by atomic mass is 16.2. The summed E-state index contributed by atoms with van der Waals surface area (Å²) in [5, 5.41) is 2.50. The fourth-order valence-electron chi connectivity index (χ4n) is 1.70. The van der Waals surface area contributed by atoms with E-state index in [1.54, 1.807) is 6.92 Å². The van der Waals surface area contributed by atoms with Gasteiger partial charge < -0.3 is 5.32 Å². The van der Waals surface area contributed by atoms with Gasteiger partial charge in [-0.05, 0) is 13.3 Å². The minimum absolute atomic E-state index is 0.294. The highest BCUT2D eigenvalue weighted by molar-refractivity contribution is 6.49. The van der Waals surface area contributed by atoms with E-state index in [1.807, 2.05) is 0 Å². The summed E-state index contributed by atoms with van der Waals surface area (Å²) >= 11 is 0. The van der Waals surface area contributed by atoms with Crippen LogP contribution in [0.4, 0.5) is 0 Å². The summed E-state index contributed by atoms with van der Waals surface area (Å²) in [4.78, 5) is 33.0. The monoisotopic (exact) mass is 153 g/mol. The molecule has 1 N–H and O–H groups in total. The van der Waals surface area contributed by atoms with Crippen molar-refractivity contribution in [3.05, 3.63) is 0 Å². The molecule has 0 radical (unpaired) electrons. The number of hydrogen-bond acceptors (Lipinski definition) is 3. The Morgan fingerprint density at radius 3 is 2.45 bits per heavy atom. The maximum Gasteiger partial charge on any atom is 0.231 e. The van der Waals surface area contributed by atoms with Crippen LogP contribution < -0.4 is 5.32 Å². The van der Waals surface area contributed by atoms with Crippen LogP contribution in [0.15, 0.2) is 0 Å². The molecule has 0 aromatic rings. The topological polar surface area (TPSA) is 63.2 Å². The average molecular weight is 153 g/mol. The first kappa shape index (κ1) is 6.52. The van der Waals surface area contributed by atoms with Gasteiger partial charge in [0.25, 0.3) is 0 Å². The zero-order valence-electron chi connectivity index (χ0n) is 6.01. The summed E-state index contributed by atoms with van der Waals surface area (Å²) in [6, 6.07) is 0. The molecule has 2 atom stereocenters. The van der Waals surface area contributed by atoms with Crippen molar-refractivity contribution >= 4 is 17.5 Å². The summed E-state index contributed by atoms with van der Waals surface area (Å²) in [5.41, 5.74) is -0.876. The third kappa shape index (κ3) is 0.568. The van der Waals surface area contributed by atoms with Crippen LogP contribution in [-0.4, -0.2) is 23.0 Å². The number of piperidine rings is 1. The van der Waals surface area contributed by atoms with Gasteiger partial charge in [-0.3, -0.25) is 14.4 Å². The Morgan fingerprint density at radius 1 is 1.45 bits per heavy atom.